The van der Waals surface area contributed by atoms with Crippen LogP contribution in [-0.4, -0.2) is 58.2 Å². The minimum Gasteiger partial charge on any atom is -0.368 e. The number of anilines is 1. The Hall–Kier alpha value is -2.41. The molecule has 1 aromatic heterocycles. The summed E-state index contributed by atoms with van der Waals surface area (Å²) >= 11 is 0. The summed E-state index contributed by atoms with van der Waals surface area (Å²) < 4.78 is 1.88. The van der Waals surface area contributed by atoms with E-state index in [1.807, 2.05) is 11.7 Å². The number of benzene rings is 1. The predicted octanol–water partition coefficient (Wildman–Crippen LogP) is 4.35. The van der Waals surface area contributed by atoms with Crippen LogP contribution in [0.2, 0.25) is 0 Å². The number of nitrogens with zero attached hydrogens (tertiary/aromatic N) is 4. The lowest BCUT2D eigenvalue weighted by molar-refractivity contribution is -0.134. The Morgan fingerprint density at radius 1 is 1.09 bits per heavy atom. The third-order valence-electron chi connectivity index (χ3n) is 8.64. The molecule has 1 atom stereocenters. The number of rotatable bonds is 6. The third-order valence-corrected chi connectivity index (χ3v) is 8.64. The van der Waals surface area contributed by atoms with Crippen molar-refractivity contribution in [1.29, 1.82) is 0 Å². The van der Waals surface area contributed by atoms with Crippen molar-refractivity contribution in [1.82, 2.24) is 20.0 Å². The van der Waals surface area contributed by atoms with Crippen LogP contribution in [0.15, 0.2) is 18.2 Å². The van der Waals surface area contributed by atoms with Crippen molar-refractivity contribution in [2.45, 2.75) is 83.1 Å². The molecular weight excluding hydrogens is 438 g/mol. The number of hydrogen-bond acceptors (Lipinski definition) is 5. The number of carbonyl (C=O) groups excluding carboxylic acids is 2. The quantitative estimate of drug-likeness (QED) is 0.624. The monoisotopic (exact) mass is 479 g/mol. The summed E-state index contributed by atoms with van der Waals surface area (Å²) in [4.78, 5) is 29.2. The molecule has 2 aromatic rings. The van der Waals surface area contributed by atoms with Crippen LogP contribution in [0, 0.1) is 5.92 Å². The van der Waals surface area contributed by atoms with Crippen molar-refractivity contribution in [2.75, 3.05) is 31.1 Å². The van der Waals surface area contributed by atoms with Gasteiger partial charge in [0.05, 0.1) is 17.1 Å². The van der Waals surface area contributed by atoms with Crippen LogP contribution in [0.25, 0.3) is 10.9 Å². The number of amides is 2. The minimum atomic E-state index is -0.363. The van der Waals surface area contributed by atoms with E-state index in [0.717, 1.165) is 42.1 Å². The summed E-state index contributed by atoms with van der Waals surface area (Å²) in [5.41, 5.74) is 3.16. The molecule has 3 fully saturated rings. The SMILES string of the molecule is Cn1nc(C2CCC(=O)NC2=O)c2ccc(N3CCN(CCCC4CCCCC4)C(C)(C)C3)cc21. The second-order valence-corrected chi connectivity index (χ2v) is 11.6. The van der Waals surface area contributed by atoms with E-state index >= 15 is 0 Å². The van der Waals surface area contributed by atoms with Crippen molar-refractivity contribution in [3.05, 3.63) is 23.9 Å². The molecule has 0 radical (unpaired) electrons. The molecule has 1 N–H and O–H groups in total. The smallest absolute Gasteiger partial charge is 0.235 e. The second kappa shape index (κ2) is 9.92. The van der Waals surface area contributed by atoms with Gasteiger partial charge in [0.1, 0.15) is 0 Å². The van der Waals surface area contributed by atoms with Gasteiger partial charge in [-0.2, -0.15) is 5.10 Å². The summed E-state index contributed by atoms with van der Waals surface area (Å²) in [6.45, 7) is 9.07. The molecule has 1 saturated carbocycles. The predicted molar refractivity (Wildman–Crippen MR) is 140 cm³/mol. The molecule has 1 unspecified atom stereocenters. The van der Waals surface area contributed by atoms with Crippen LogP contribution in [-0.2, 0) is 16.6 Å². The van der Waals surface area contributed by atoms with Crippen LogP contribution in [0.1, 0.15) is 83.2 Å². The number of carbonyl (C=O) groups is 2. The van der Waals surface area contributed by atoms with E-state index in [-0.39, 0.29) is 23.3 Å². The topological polar surface area (TPSA) is 70.5 Å². The average molecular weight is 480 g/mol. The van der Waals surface area contributed by atoms with Crippen LogP contribution in [0.3, 0.4) is 0 Å². The molecule has 35 heavy (non-hydrogen) atoms. The first kappa shape index (κ1) is 24.3. The van der Waals surface area contributed by atoms with Gasteiger partial charge in [0.25, 0.3) is 0 Å². The summed E-state index contributed by atoms with van der Waals surface area (Å²) in [6, 6.07) is 6.50. The Morgan fingerprint density at radius 2 is 1.89 bits per heavy atom. The minimum absolute atomic E-state index is 0.129. The first-order valence-electron chi connectivity index (χ1n) is 13.6. The number of imide groups is 1. The van der Waals surface area contributed by atoms with Gasteiger partial charge < -0.3 is 4.90 Å². The molecule has 2 aliphatic heterocycles. The number of piperidine rings is 1. The lowest BCUT2D eigenvalue weighted by atomic mass is 9.86. The normalized spacial score (nSPS) is 24.2. The largest absolute Gasteiger partial charge is 0.368 e. The molecule has 3 aliphatic rings. The van der Waals surface area contributed by atoms with Crippen molar-refractivity contribution >= 4 is 28.4 Å². The summed E-state index contributed by atoms with van der Waals surface area (Å²) in [7, 11) is 1.94. The first-order chi connectivity index (χ1) is 16.8. The number of piperazine rings is 1. The number of aromatic nitrogens is 2. The lowest BCUT2D eigenvalue weighted by Crippen LogP contribution is -2.59. The van der Waals surface area contributed by atoms with Crippen molar-refractivity contribution in [3.63, 3.8) is 0 Å². The zero-order valence-electron chi connectivity index (χ0n) is 21.7. The highest BCUT2D eigenvalue weighted by Gasteiger charge is 2.35. The molecule has 0 bridgehead atoms. The van der Waals surface area contributed by atoms with Crippen molar-refractivity contribution in [3.8, 4) is 0 Å². The number of fused-ring (bicyclic) bond motifs is 1. The average Bonchev–Trinajstić information content (AvgIpc) is 3.16. The van der Waals surface area contributed by atoms with E-state index in [1.54, 1.807) is 0 Å². The highest BCUT2D eigenvalue weighted by atomic mass is 16.2. The highest BCUT2D eigenvalue weighted by Crippen LogP contribution is 2.34. The fourth-order valence-corrected chi connectivity index (χ4v) is 6.55. The first-order valence-corrected chi connectivity index (χ1v) is 13.6. The summed E-state index contributed by atoms with van der Waals surface area (Å²) in [5, 5.41) is 8.18. The summed E-state index contributed by atoms with van der Waals surface area (Å²) in [5.74, 6) is 0.179. The van der Waals surface area contributed by atoms with Crippen molar-refractivity contribution < 1.29 is 9.59 Å². The maximum Gasteiger partial charge on any atom is 0.235 e. The number of hydrogen-bond donors (Lipinski definition) is 1. The molecule has 1 aromatic carbocycles. The maximum absolute atomic E-state index is 12.4. The number of aryl methyl sites for hydroxylation is 1. The Bertz CT molecular complexity index is 1080. The molecule has 7 heteroatoms. The van der Waals surface area contributed by atoms with Gasteiger partial charge in [-0.05, 0) is 63.8 Å². The molecule has 7 nitrogen and oxygen atoms in total. The van der Waals surface area contributed by atoms with Gasteiger partial charge in [0.15, 0.2) is 0 Å². The lowest BCUT2D eigenvalue weighted by Gasteiger charge is -2.48. The van der Waals surface area contributed by atoms with E-state index in [1.165, 1.54) is 57.2 Å². The van der Waals surface area contributed by atoms with Gasteiger partial charge in [-0.1, -0.05) is 32.1 Å². The molecule has 190 valence electrons. The van der Waals surface area contributed by atoms with Crippen LogP contribution in [0.4, 0.5) is 5.69 Å². The molecule has 2 saturated heterocycles. The molecular formula is C28H41N5O2. The zero-order chi connectivity index (χ0) is 24.6. The standard InChI is InChI=1S/C28H41N5O2/c1-28(2)19-32(16-17-33(28)15-7-10-20-8-5-4-6-9-20)21-11-12-22-24(18-21)31(3)30-26(22)23-13-14-25(34)29-27(23)35/h11-12,18,20,23H,4-10,13-17,19H2,1-3H3,(H,29,34,35). The number of nitrogens with one attached hydrogen (secondary N) is 1. The van der Waals surface area contributed by atoms with Crippen LogP contribution < -0.4 is 10.2 Å². The van der Waals surface area contributed by atoms with E-state index in [4.69, 9.17) is 5.10 Å². The van der Waals surface area contributed by atoms with E-state index < -0.39 is 0 Å². The highest BCUT2D eigenvalue weighted by molar-refractivity contribution is 6.02. The second-order valence-electron chi connectivity index (χ2n) is 11.6. The van der Waals surface area contributed by atoms with Gasteiger partial charge in [-0.3, -0.25) is 24.5 Å². The molecule has 0 spiro atoms. The molecule has 3 heterocycles. The Balaban J connectivity index is 1.25. The van der Waals surface area contributed by atoms with Gasteiger partial charge in [0, 0.05) is 49.7 Å². The maximum atomic E-state index is 12.4. The van der Waals surface area contributed by atoms with Gasteiger partial charge in [0.2, 0.25) is 11.8 Å². The van der Waals surface area contributed by atoms with E-state index in [0.29, 0.717) is 12.8 Å². The molecule has 1 aliphatic carbocycles. The van der Waals surface area contributed by atoms with Crippen LogP contribution >= 0.6 is 0 Å². The molecule has 5 rings (SSSR count). The Morgan fingerprint density at radius 3 is 2.63 bits per heavy atom. The van der Waals surface area contributed by atoms with Gasteiger partial charge in [-0.15, -0.1) is 0 Å². The van der Waals surface area contributed by atoms with Crippen molar-refractivity contribution in [2.24, 2.45) is 13.0 Å². The third kappa shape index (κ3) is 5.11. The zero-order valence-corrected chi connectivity index (χ0v) is 21.7. The van der Waals surface area contributed by atoms with E-state index in [2.05, 4.69) is 47.2 Å². The van der Waals surface area contributed by atoms with Gasteiger partial charge in [-0.25, -0.2) is 0 Å². The fraction of sp³-hybridized carbons (Fsp3) is 0.679. The van der Waals surface area contributed by atoms with Crippen LogP contribution in [0.5, 0.6) is 0 Å². The molecule has 2 amide bonds. The Labute approximate surface area is 209 Å². The summed E-state index contributed by atoms with van der Waals surface area (Å²) in [6.07, 6.45) is 10.8. The fourth-order valence-electron chi connectivity index (χ4n) is 6.55. The van der Waals surface area contributed by atoms with Gasteiger partial charge >= 0.3 is 0 Å². The Kier molecular flexibility index (Phi) is 6.88. The van der Waals surface area contributed by atoms with E-state index in [9.17, 15) is 9.59 Å².